The van der Waals surface area contributed by atoms with E-state index in [-0.39, 0.29) is 17.3 Å². The van der Waals surface area contributed by atoms with Crippen LogP contribution in [0.1, 0.15) is 36.2 Å². The summed E-state index contributed by atoms with van der Waals surface area (Å²) < 4.78 is 0. The van der Waals surface area contributed by atoms with Gasteiger partial charge in [-0.3, -0.25) is 14.4 Å². The molecule has 128 valence electrons. The largest absolute Gasteiger partial charge is 0.481 e. The van der Waals surface area contributed by atoms with Gasteiger partial charge in [0.1, 0.15) is 5.37 Å². The van der Waals surface area contributed by atoms with Gasteiger partial charge in [0.25, 0.3) is 5.91 Å². The zero-order chi connectivity index (χ0) is 17.9. The summed E-state index contributed by atoms with van der Waals surface area (Å²) in [5, 5.41) is 8.69. The summed E-state index contributed by atoms with van der Waals surface area (Å²) in [5.41, 5.74) is 2.01. The molecular formula is C18H21NO4S. The average molecular weight is 347 g/mol. The number of thioether (sulfide) groups is 1. The van der Waals surface area contributed by atoms with Crippen molar-refractivity contribution < 1.29 is 19.5 Å². The third-order valence-corrected chi connectivity index (χ3v) is 5.07. The van der Waals surface area contributed by atoms with Gasteiger partial charge in [0.2, 0.25) is 0 Å². The van der Waals surface area contributed by atoms with Crippen molar-refractivity contribution in [2.45, 2.75) is 32.1 Å². The van der Waals surface area contributed by atoms with E-state index in [9.17, 15) is 14.4 Å². The zero-order valence-corrected chi connectivity index (χ0v) is 14.9. The third kappa shape index (κ3) is 3.38. The van der Waals surface area contributed by atoms with E-state index < -0.39 is 17.8 Å². The zero-order valence-electron chi connectivity index (χ0n) is 14.0. The molecule has 0 aliphatic carbocycles. The third-order valence-electron chi connectivity index (χ3n) is 4.14. The van der Waals surface area contributed by atoms with Gasteiger partial charge in [0, 0.05) is 23.3 Å². The molecule has 1 N–H and O–H groups in total. The lowest BCUT2D eigenvalue weighted by Gasteiger charge is -2.23. The van der Waals surface area contributed by atoms with Gasteiger partial charge < -0.3 is 10.0 Å². The van der Waals surface area contributed by atoms with Gasteiger partial charge in [0.05, 0.1) is 6.42 Å². The molecular weight excluding hydrogens is 326 g/mol. The molecule has 0 unspecified atom stereocenters. The van der Waals surface area contributed by atoms with Gasteiger partial charge in [-0.25, -0.2) is 0 Å². The van der Waals surface area contributed by atoms with E-state index in [1.807, 2.05) is 32.2 Å². The van der Waals surface area contributed by atoms with Crippen molar-refractivity contribution in [3.8, 4) is 0 Å². The minimum atomic E-state index is -1.11. The number of ketones is 1. The normalized spacial score (nSPS) is 17.5. The molecule has 1 heterocycles. The van der Waals surface area contributed by atoms with Crippen molar-refractivity contribution in [3.63, 3.8) is 0 Å². The quantitative estimate of drug-likeness (QED) is 0.768. The van der Waals surface area contributed by atoms with Gasteiger partial charge in [-0.2, -0.15) is 0 Å². The van der Waals surface area contributed by atoms with Gasteiger partial charge in [0.15, 0.2) is 5.78 Å². The first-order valence-corrected chi connectivity index (χ1v) is 9.15. The summed E-state index contributed by atoms with van der Waals surface area (Å²) in [6.07, 6.45) is 2.26. The number of aliphatic carboxylic acids is 1. The van der Waals surface area contributed by atoms with Crippen LogP contribution < -0.4 is 0 Å². The Morgan fingerprint density at radius 3 is 2.29 bits per heavy atom. The molecule has 0 fully saturated rings. The van der Waals surface area contributed by atoms with E-state index >= 15 is 0 Å². The lowest BCUT2D eigenvalue weighted by atomic mass is 9.97. The van der Waals surface area contributed by atoms with Crippen molar-refractivity contribution in [2.75, 3.05) is 12.8 Å². The number of carboxylic acid groups (broad SMARTS) is 1. The molecule has 0 saturated carbocycles. The van der Waals surface area contributed by atoms with E-state index in [0.29, 0.717) is 17.7 Å². The standard InChI is InChI=1S/C18H21NO4S/c1-4-11-6-8-12(9-7-11)16(22)15-13(10-14(20)21)17(23)19(5-2)18(15)24-3/h6-9,18H,4-5,10H2,1-3H3,(H,20,21)/t18-/m1/s1. The number of carboxylic acids is 1. The van der Waals surface area contributed by atoms with E-state index in [0.717, 1.165) is 12.0 Å². The Morgan fingerprint density at radius 2 is 1.83 bits per heavy atom. The Kier molecular flexibility index (Phi) is 5.83. The van der Waals surface area contributed by atoms with Crippen molar-refractivity contribution in [2.24, 2.45) is 0 Å². The maximum atomic E-state index is 13.0. The summed E-state index contributed by atoms with van der Waals surface area (Å²) in [6.45, 7) is 4.28. The van der Waals surface area contributed by atoms with Crippen LogP contribution >= 0.6 is 11.8 Å². The van der Waals surface area contributed by atoms with Crippen LogP contribution in [-0.2, 0) is 16.0 Å². The van der Waals surface area contributed by atoms with E-state index in [4.69, 9.17) is 5.11 Å². The minimum Gasteiger partial charge on any atom is -0.481 e. The fourth-order valence-corrected chi connectivity index (χ4v) is 3.86. The van der Waals surface area contributed by atoms with Gasteiger partial charge in [-0.1, -0.05) is 31.2 Å². The van der Waals surface area contributed by atoms with Crippen LogP contribution in [0.5, 0.6) is 0 Å². The molecule has 1 amide bonds. The number of benzene rings is 1. The second-order valence-electron chi connectivity index (χ2n) is 5.52. The van der Waals surface area contributed by atoms with Gasteiger partial charge in [-0.05, 0) is 25.2 Å². The highest BCUT2D eigenvalue weighted by Crippen LogP contribution is 2.35. The maximum Gasteiger partial charge on any atom is 0.308 e. The summed E-state index contributed by atoms with van der Waals surface area (Å²) in [7, 11) is 0. The molecule has 0 spiro atoms. The number of hydrogen-bond acceptors (Lipinski definition) is 4. The number of Topliss-reactive ketones (excluding diaryl/α,β-unsaturated/α-hetero) is 1. The van der Waals surface area contributed by atoms with Crippen molar-refractivity contribution >= 4 is 29.4 Å². The van der Waals surface area contributed by atoms with E-state index in [1.165, 1.54) is 11.8 Å². The van der Waals surface area contributed by atoms with Crippen LogP contribution in [0.15, 0.2) is 35.4 Å². The number of carbonyl (C=O) groups is 3. The van der Waals surface area contributed by atoms with Crippen molar-refractivity contribution in [1.29, 1.82) is 0 Å². The Labute approximate surface area is 145 Å². The molecule has 1 aliphatic rings. The molecule has 1 aromatic rings. The molecule has 0 saturated heterocycles. The number of rotatable bonds is 7. The number of aryl methyl sites for hydroxylation is 1. The molecule has 2 rings (SSSR count). The summed E-state index contributed by atoms with van der Waals surface area (Å²) in [6, 6.07) is 7.24. The first kappa shape index (κ1) is 18.3. The Morgan fingerprint density at radius 1 is 1.21 bits per heavy atom. The molecule has 1 aromatic carbocycles. The van der Waals surface area contributed by atoms with Crippen molar-refractivity contribution in [1.82, 2.24) is 4.90 Å². The highest BCUT2D eigenvalue weighted by atomic mass is 32.2. The summed E-state index contributed by atoms with van der Waals surface area (Å²) in [4.78, 5) is 38.2. The van der Waals surface area contributed by atoms with Crippen LogP contribution in [0.2, 0.25) is 0 Å². The second kappa shape index (κ2) is 7.66. The van der Waals surface area contributed by atoms with Gasteiger partial charge >= 0.3 is 5.97 Å². The lowest BCUT2D eigenvalue weighted by Crippen LogP contribution is -2.34. The number of amides is 1. The summed E-state index contributed by atoms with van der Waals surface area (Å²) >= 11 is 1.37. The van der Waals surface area contributed by atoms with Crippen LogP contribution in [0.3, 0.4) is 0 Å². The predicted octanol–water partition coefficient (Wildman–Crippen LogP) is 2.75. The van der Waals surface area contributed by atoms with E-state index in [1.54, 1.807) is 17.0 Å². The molecule has 0 radical (unpaired) electrons. The molecule has 0 bridgehead atoms. The topological polar surface area (TPSA) is 74.7 Å². The lowest BCUT2D eigenvalue weighted by molar-refractivity contribution is -0.137. The molecule has 0 aromatic heterocycles. The monoisotopic (exact) mass is 347 g/mol. The molecule has 6 heteroatoms. The smallest absolute Gasteiger partial charge is 0.308 e. The van der Waals surface area contributed by atoms with Crippen LogP contribution in [0, 0.1) is 0 Å². The number of nitrogens with zero attached hydrogens (tertiary/aromatic N) is 1. The number of likely N-dealkylation sites (N-methyl/N-ethyl adjacent to an activating group) is 1. The highest BCUT2D eigenvalue weighted by molar-refractivity contribution is 7.99. The van der Waals surface area contributed by atoms with Crippen LogP contribution in [0.4, 0.5) is 0 Å². The van der Waals surface area contributed by atoms with Crippen LogP contribution in [-0.4, -0.2) is 45.8 Å². The molecule has 5 nitrogen and oxygen atoms in total. The SMILES string of the molecule is CCc1ccc(C(=O)C2=C(CC(=O)O)C(=O)N(CC)[C@@H]2SC)cc1. The fraction of sp³-hybridized carbons (Fsp3) is 0.389. The fourth-order valence-electron chi connectivity index (χ4n) is 2.87. The van der Waals surface area contributed by atoms with Crippen LogP contribution in [0.25, 0.3) is 0 Å². The Hall–Kier alpha value is -2.08. The maximum absolute atomic E-state index is 13.0. The Bertz CT molecular complexity index is 693. The average Bonchev–Trinajstić information content (AvgIpc) is 2.85. The Balaban J connectivity index is 2.49. The predicted molar refractivity (Wildman–Crippen MR) is 94.1 cm³/mol. The number of hydrogen-bond donors (Lipinski definition) is 1. The minimum absolute atomic E-state index is 0.105. The van der Waals surface area contributed by atoms with Gasteiger partial charge in [-0.15, -0.1) is 11.8 Å². The highest BCUT2D eigenvalue weighted by Gasteiger charge is 2.41. The first-order chi connectivity index (χ1) is 11.4. The summed E-state index contributed by atoms with van der Waals surface area (Å²) in [5.74, 6) is -1.73. The van der Waals surface area contributed by atoms with E-state index in [2.05, 4.69) is 0 Å². The first-order valence-electron chi connectivity index (χ1n) is 7.86. The van der Waals surface area contributed by atoms with Crippen molar-refractivity contribution in [3.05, 3.63) is 46.5 Å². The molecule has 24 heavy (non-hydrogen) atoms. The second-order valence-corrected chi connectivity index (χ2v) is 6.44. The molecule has 1 atom stereocenters. The number of carbonyl (C=O) groups excluding carboxylic acids is 2. The molecule has 1 aliphatic heterocycles.